The summed E-state index contributed by atoms with van der Waals surface area (Å²) in [5.74, 6) is 0.790. The van der Waals surface area contributed by atoms with Crippen LogP contribution in [0.5, 0.6) is 5.75 Å². The molecule has 19 heavy (non-hydrogen) atoms. The number of nitrogens with one attached hydrogen (secondary N) is 1. The summed E-state index contributed by atoms with van der Waals surface area (Å²) in [6.45, 7) is 2.63. The maximum absolute atomic E-state index is 6.17. The molecule has 0 aromatic heterocycles. The zero-order valence-corrected chi connectivity index (χ0v) is 12.0. The number of hydrogen-bond donors (Lipinski definition) is 2. The Hall–Kier alpha value is -1.38. The number of ether oxygens (including phenoxy) is 1. The van der Waals surface area contributed by atoms with Crippen molar-refractivity contribution in [3.05, 3.63) is 18.2 Å². The first kappa shape index (κ1) is 14.0. The minimum absolute atomic E-state index is 0.555. The fourth-order valence-electron chi connectivity index (χ4n) is 2.77. The summed E-state index contributed by atoms with van der Waals surface area (Å²) < 4.78 is 5.55. The van der Waals surface area contributed by atoms with E-state index in [4.69, 9.17) is 10.5 Å². The summed E-state index contributed by atoms with van der Waals surface area (Å²) in [5.41, 5.74) is 7.94. The minimum Gasteiger partial charge on any atom is -0.492 e. The predicted molar refractivity (Wildman–Crippen MR) is 81.8 cm³/mol. The minimum atomic E-state index is 0.555. The molecule has 0 bridgehead atoms. The van der Waals surface area contributed by atoms with Gasteiger partial charge in [-0.05, 0) is 31.9 Å². The summed E-state index contributed by atoms with van der Waals surface area (Å²) in [7, 11) is 0. The molecule has 0 spiro atoms. The standard InChI is InChI=1S/C16H26N2O/c1-2-19-15-12-8-11-14(16(15)17)18-13-9-6-4-3-5-7-10-13/h8,11-13,18H,2-7,9-10,17H2,1H3. The predicted octanol–water partition coefficient (Wildman–Crippen LogP) is 4.19. The lowest BCUT2D eigenvalue weighted by Crippen LogP contribution is -2.21. The van der Waals surface area contributed by atoms with Crippen LogP contribution in [0.1, 0.15) is 51.9 Å². The monoisotopic (exact) mass is 262 g/mol. The second-order valence-electron chi connectivity index (χ2n) is 5.34. The number of para-hydroxylation sites is 1. The van der Waals surface area contributed by atoms with Crippen molar-refractivity contribution in [3.63, 3.8) is 0 Å². The highest BCUT2D eigenvalue weighted by Gasteiger charge is 2.13. The first-order chi connectivity index (χ1) is 9.31. The molecule has 0 atom stereocenters. The van der Waals surface area contributed by atoms with E-state index in [0.29, 0.717) is 12.6 Å². The Bertz CT molecular complexity index is 384. The topological polar surface area (TPSA) is 47.3 Å². The van der Waals surface area contributed by atoms with Gasteiger partial charge in [-0.1, -0.05) is 38.2 Å². The maximum atomic E-state index is 6.17. The Balaban J connectivity index is 2.02. The van der Waals surface area contributed by atoms with Gasteiger partial charge in [0.25, 0.3) is 0 Å². The molecule has 0 amide bonds. The average molecular weight is 262 g/mol. The van der Waals surface area contributed by atoms with Crippen LogP contribution >= 0.6 is 0 Å². The zero-order valence-electron chi connectivity index (χ0n) is 12.0. The normalized spacial score (nSPS) is 17.5. The van der Waals surface area contributed by atoms with Crippen molar-refractivity contribution in [1.29, 1.82) is 0 Å². The first-order valence-electron chi connectivity index (χ1n) is 7.59. The van der Waals surface area contributed by atoms with Gasteiger partial charge in [-0.2, -0.15) is 0 Å². The largest absolute Gasteiger partial charge is 0.492 e. The van der Waals surface area contributed by atoms with Crippen molar-refractivity contribution in [1.82, 2.24) is 0 Å². The van der Waals surface area contributed by atoms with Crippen molar-refractivity contribution in [2.75, 3.05) is 17.7 Å². The van der Waals surface area contributed by atoms with Crippen LogP contribution in [0.3, 0.4) is 0 Å². The van der Waals surface area contributed by atoms with E-state index in [1.165, 1.54) is 44.9 Å². The van der Waals surface area contributed by atoms with Crippen LogP contribution in [0, 0.1) is 0 Å². The molecular formula is C16H26N2O. The average Bonchev–Trinajstić information content (AvgIpc) is 2.37. The molecule has 1 fully saturated rings. The highest BCUT2D eigenvalue weighted by atomic mass is 16.5. The molecule has 0 saturated heterocycles. The lowest BCUT2D eigenvalue weighted by Gasteiger charge is -2.23. The van der Waals surface area contributed by atoms with Gasteiger partial charge in [0, 0.05) is 6.04 Å². The summed E-state index contributed by atoms with van der Waals surface area (Å²) in [5, 5.41) is 3.61. The van der Waals surface area contributed by atoms with Gasteiger partial charge in [-0.3, -0.25) is 0 Å². The maximum Gasteiger partial charge on any atom is 0.144 e. The van der Waals surface area contributed by atoms with Crippen LogP contribution in [0.2, 0.25) is 0 Å². The van der Waals surface area contributed by atoms with Crippen LogP contribution in [0.4, 0.5) is 11.4 Å². The Labute approximate surface area is 116 Å². The third-order valence-corrected chi connectivity index (χ3v) is 3.83. The van der Waals surface area contributed by atoms with Crippen molar-refractivity contribution in [2.24, 2.45) is 0 Å². The summed E-state index contributed by atoms with van der Waals surface area (Å²) in [6, 6.07) is 6.55. The lowest BCUT2D eigenvalue weighted by atomic mass is 9.96. The van der Waals surface area contributed by atoms with E-state index >= 15 is 0 Å². The van der Waals surface area contributed by atoms with E-state index in [1.807, 2.05) is 19.1 Å². The van der Waals surface area contributed by atoms with Crippen LogP contribution < -0.4 is 15.8 Å². The molecule has 1 aromatic carbocycles. The third-order valence-electron chi connectivity index (χ3n) is 3.83. The van der Waals surface area contributed by atoms with Gasteiger partial charge in [0.15, 0.2) is 0 Å². The highest BCUT2D eigenvalue weighted by molar-refractivity contribution is 5.73. The molecule has 0 heterocycles. The van der Waals surface area contributed by atoms with Gasteiger partial charge in [0.05, 0.1) is 18.0 Å². The molecule has 1 saturated carbocycles. The molecule has 0 unspecified atom stereocenters. The fourth-order valence-corrected chi connectivity index (χ4v) is 2.77. The number of nitrogens with two attached hydrogens (primary N) is 1. The molecule has 106 valence electrons. The van der Waals surface area contributed by atoms with Gasteiger partial charge in [-0.15, -0.1) is 0 Å². The van der Waals surface area contributed by atoms with Crippen LogP contribution in [0.25, 0.3) is 0 Å². The molecule has 3 nitrogen and oxygen atoms in total. The van der Waals surface area contributed by atoms with Gasteiger partial charge in [0.2, 0.25) is 0 Å². The van der Waals surface area contributed by atoms with Gasteiger partial charge < -0.3 is 15.8 Å². The number of hydrogen-bond acceptors (Lipinski definition) is 3. The number of rotatable bonds is 4. The van der Waals surface area contributed by atoms with E-state index in [0.717, 1.165) is 17.1 Å². The van der Waals surface area contributed by atoms with Crippen LogP contribution in [0.15, 0.2) is 18.2 Å². The van der Waals surface area contributed by atoms with E-state index < -0.39 is 0 Å². The Morgan fingerprint density at radius 1 is 1.16 bits per heavy atom. The van der Waals surface area contributed by atoms with E-state index in [1.54, 1.807) is 0 Å². The number of benzene rings is 1. The van der Waals surface area contributed by atoms with Crippen molar-refractivity contribution >= 4 is 11.4 Å². The summed E-state index contributed by atoms with van der Waals surface area (Å²) in [4.78, 5) is 0. The zero-order chi connectivity index (χ0) is 13.5. The quantitative estimate of drug-likeness (QED) is 0.800. The summed E-state index contributed by atoms with van der Waals surface area (Å²) >= 11 is 0. The Kier molecular flexibility index (Phi) is 5.37. The molecule has 1 aliphatic carbocycles. The molecular weight excluding hydrogens is 236 g/mol. The molecule has 1 aromatic rings. The Morgan fingerprint density at radius 3 is 2.53 bits per heavy atom. The van der Waals surface area contributed by atoms with E-state index in [9.17, 15) is 0 Å². The number of nitrogen functional groups attached to an aromatic ring is 1. The van der Waals surface area contributed by atoms with Crippen LogP contribution in [-0.4, -0.2) is 12.6 Å². The van der Waals surface area contributed by atoms with Gasteiger partial charge in [-0.25, -0.2) is 0 Å². The number of anilines is 2. The SMILES string of the molecule is CCOc1cccc(NC2CCCCCCC2)c1N. The van der Waals surface area contributed by atoms with E-state index in [2.05, 4.69) is 11.4 Å². The Morgan fingerprint density at radius 2 is 1.84 bits per heavy atom. The van der Waals surface area contributed by atoms with Crippen molar-refractivity contribution in [2.45, 2.75) is 57.9 Å². The second kappa shape index (κ2) is 7.27. The molecule has 1 aliphatic rings. The van der Waals surface area contributed by atoms with Gasteiger partial charge in [0.1, 0.15) is 5.75 Å². The van der Waals surface area contributed by atoms with Crippen LogP contribution in [-0.2, 0) is 0 Å². The van der Waals surface area contributed by atoms with Crippen molar-refractivity contribution in [3.8, 4) is 5.75 Å². The highest BCUT2D eigenvalue weighted by Crippen LogP contribution is 2.31. The first-order valence-corrected chi connectivity index (χ1v) is 7.59. The van der Waals surface area contributed by atoms with E-state index in [-0.39, 0.29) is 0 Å². The second-order valence-corrected chi connectivity index (χ2v) is 5.34. The molecule has 3 N–H and O–H groups in total. The van der Waals surface area contributed by atoms with Gasteiger partial charge >= 0.3 is 0 Å². The third kappa shape index (κ3) is 4.05. The summed E-state index contributed by atoms with van der Waals surface area (Å²) in [6.07, 6.45) is 9.27. The fraction of sp³-hybridized carbons (Fsp3) is 0.625. The molecule has 3 heteroatoms. The molecule has 2 rings (SSSR count). The molecule has 0 aliphatic heterocycles. The smallest absolute Gasteiger partial charge is 0.144 e. The lowest BCUT2D eigenvalue weighted by molar-refractivity contribution is 0.342. The molecule has 0 radical (unpaired) electrons. The van der Waals surface area contributed by atoms with Crippen molar-refractivity contribution < 1.29 is 4.74 Å².